The van der Waals surface area contributed by atoms with E-state index in [2.05, 4.69) is 15.3 Å². The monoisotopic (exact) mass is 668 g/mol. The standard InChI is InChI=1S/C31H24ClF3N6O4S/c1-14-9-18(27-25(37-14)21(13-46-27)29(42)39-31(44)40(3)4)17-10-16(32)5-6-23(17)45-8-7-41-15(2)38-26-22(33)11-19(28(34)35)20(12-36)24(26)30(41)43/h5-6,9-11,13,28H,7-8H2,1-4H3,(H,39,42,44). The summed E-state index contributed by atoms with van der Waals surface area (Å²) >= 11 is 7.61. The van der Waals surface area contributed by atoms with Gasteiger partial charge in [0.1, 0.15) is 35.6 Å². The van der Waals surface area contributed by atoms with Gasteiger partial charge in [0.15, 0.2) is 0 Å². The average Bonchev–Trinajstić information content (AvgIpc) is 3.43. The van der Waals surface area contributed by atoms with Crippen molar-refractivity contribution in [3.8, 4) is 22.9 Å². The molecule has 0 aliphatic carbocycles. The fourth-order valence-corrected chi connectivity index (χ4v) is 6.09. The Bertz CT molecular complexity index is 2160. The van der Waals surface area contributed by atoms with Crippen LogP contribution in [0.2, 0.25) is 5.02 Å². The van der Waals surface area contributed by atoms with Crippen molar-refractivity contribution in [1.82, 2.24) is 24.8 Å². The SMILES string of the molecule is Cc1cc(-c2cc(Cl)ccc2OCCn2c(C)nc3c(F)cc(C(F)F)c(C#N)c3c2=O)c2scc(C(=O)NC(=O)N(C)C)c2n1. The quantitative estimate of drug-likeness (QED) is 0.213. The number of hydrogen-bond donors (Lipinski definition) is 1. The van der Waals surface area contributed by atoms with Crippen molar-refractivity contribution < 1.29 is 27.5 Å². The molecule has 3 heterocycles. The molecule has 0 atom stereocenters. The van der Waals surface area contributed by atoms with Gasteiger partial charge in [0, 0.05) is 46.9 Å². The number of alkyl halides is 2. The zero-order valence-electron chi connectivity index (χ0n) is 24.7. The van der Waals surface area contributed by atoms with Crippen molar-refractivity contribution in [3.05, 3.63) is 85.1 Å². The Kier molecular flexibility index (Phi) is 9.00. The van der Waals surface area contributed by atoms with Crippen molar-refractivity contribution in [3.63, 3.8) is 0 Å². The second-order valence-corrected chi connectivity index (χ2v) is 11.7. The first-order valence-electron chi connectivity index (χ1n) is 13.6. The predicted molar refractivity (Wildman–Crippen MR) is 167 cm³/mol. The summed E-state index contributed by atoms with van der Waals surface area (Å²) in [5.74, 6) is -1.28. The lowest BCUT2D eigenvalue weighted by Crippen LogP contribution is -2.38. The van der Waals surface area contributed by atoms with Gasteiger partial charge in [-0.2, -0.15) is 5.26 Å². The number of aromatic nitrogens is 3. The predicted octanol–water partition coefficient (Wildman–Crippen LogP) is 6.38. The number of urea groups is 1. The number of imide groups is 1. The number of nitrogens with one attached hydrogen (secondary N) is 1. The normalized spacial score (nSPS) is 11.2. The number of carbonyl (C=O) groups is 2. The number of benzene rings is 2. The Morgan fingerprint density at radius 2 is 1.89 bits per heavy atom. The molecule has 1 N–H and O–H groups in total. The lowest BCUT2D eigenvalue weighted by Gasteiger charge is -2.16. The first-order valence-corrected chi connectivity index (χ1v) is 14.8. The molecule has 0 radical (unpaired) electrons. The third kappa shape index (κ3) is 5.99. The highest BCUT2D eigenvalue weighted by atomic mass is 35.5. The molecule has 0 unspecified atom stereocenters. The van der Waals surface area contributed by atoms with Crippen molar-refractivity contribution in [2.75, 3.05) is 20.7 Å². The molecule has 10 nitrogen and oxygen atoms in total. The molecule has 46 heavy (non-hydrogen) atoms. The Hall–Kier alpha value is -5.00. The van der Waals surface area contributed by atoms with Gasteiger partial charge in [0.25, 0.3) is 17.9 Å². The van der Waals surface area contributed by atoms with E-state index >= 15 is 0 Å². The molecule has 0 bridgehead atoms. The molecular formula is C31H24ClF3N6O4S. The van der Waals surface area contributed by atoms with Crippen LogP contribution < -0.4 is 15.6 Å². The van der Waals surface area contributed by atoms with Crippen molar-refractivity contribution >= 4 is 56.0 Å². The second kappa shape index (κ2) is 12.8. The summed E-state index contributed by atoms with van der Waals surface area (Å²) in [6, 6.07) is 8.24. The van der Waals surface area contributed by atoms with Crippen molar-refractivity contribution in [2.24, 2.45) is 0 Å². The first-order chi connectivity index (χ1) is 21.8. The third-order valence-electron chi connectivity index (χ3n) is 7.08. The highest BCUT2D eigenvalue weighted by Gasteiger charge is 2.24. The zero-order chi connectivity index (χ0) is 33.4. The van der Waals surface area contributed by atoms with Gasteiger partial charge in [-0.25, -0.2) is 22.9 Å². The third-order valence-corrected chi connectivity index (χ3v) is 8.32. The van der Waals surface area contributed by atoms with Gasteiger partial charge in [0.05, 0.1) is 33.3 Å². The molecule has 0 fully saturated rings. The minimum atomic E-state index is -3.17. The molecule has 0 aliphatic rings. The number of amides is 3. The number of nitriles is 1. The number of pyridine rings is 1. The minimum Gasteiger partial charge on any atom is -0.491 e. The lowest BCUT2D eigenvalue weighted by atomic mass is 10.0. The number of fused-ring (bicyclic) bond motifs is 2. The average molecular weight is 669 g/mol. The molecule has 236 valence electrons. The van der Waals surface area contributed by atoms with Crippen molar-refractivity contribution in [2.45, 2.75) is 26.8 Å². The largest absolute Gasteiger partial charge is 0.491 e. The molecule has 0 aliphatic heterocycles. The van der Waals surface area contributed by atoms with E-state index in [9.17, 15) is 32.8 Å². The van der Waals surface area contributed by atoms with E-state index in [1.807, 2.05) is 0 Å². The van der Waals surface area contributed by atoms with Crippen LogP contribution in [0.15, 0.2) is 40.5 Å². The van der Waals surface area contributed by atoms with Crippen LogP contribution in [-0.2, 0) is 6.54 Å². The molecule has 15 heteroatoms. The van der Waals surface area contributed by atoms with Crippen LogP contribution in [0.3, 0.4) is 0 Å². The Labute approximate surface area is 268 Å². The topological polar surface area (TPSA) is 130 Å². The molecule has 3 amide bonds. The van der Waals surface area contributed by atoms with Gasteiger partial charge in [-0.1, -0.05) is 11.6 Å². The molecular weight excluding hydrogens is 645 g/mol. The van der Waals surface area contributed by atoms with Gasteiger partial charge < -0.3 is 9.64 Å². The zero-order valence-corrected chi connectivity index (χ0v) is 26.3. The number of aryl methyl sites for hydroxylation is 2. The summed E-state index contributed by atoms with van der Waals surface area (Å²) in [5, 5.41) is 13.3. The van der Waals surface area contributed by atoms with Crippen LogP contribution in [0.25, 0.3) is 32.2 Å². The number of thiophene rings is 1. The minimum absolute atomic E-state index is 0.0913. The maximum atomic E-state index is 14.7. The van der Waals surface area contributed by atoms with Gasteiger partial charge in [-0.15, -0.1) is 11.3 Å². The molecule has 2 aromatic carbocycles. The molecule has 0 spiro atoms. The first kappa shape index (κ1) is 32.4. The summed E-state index contributed by atoms with van der Waals surface area (Å²) in [6.07, 6.45) is -3.17. The van der Waals surface area contributed by atoms with Crippen molar-refractivity contribution in [1.29, 1.82) is 5.26 Å². The van der Waals surface area contributed by atoms with E-state index in [4.69, 9.17) is 16.3 Å². The second-order valence-electron chi connectivity index (χ2n) is 10.4. The molecule has 0 saturated carbocycles. The van der Waals surface area contributed by atoms with E-state index in [0.29, 0.717) is 43.9 Å². The van der Waals surface area contributed by atoms with Gasteiger partial charge >= 0.3 is 6.03 Å². The van der Waals surface area contributed by atoms with Gasteiger partial charge in [-0.3, -0.25) is 24.5 Å². The number of carbonyl (C=O) groups excluding carboxylic acids is 2. The summed E-state index contributed by atoms with van der Waals surface area (Å²) in [6.45, 7) is 2.97. The van der Waals surface area contributed by atoms with Crippen LogP contribution in [-0.4, -0.2) is 52.1 Å². The maximum Gasteiger partial charge on any atom is 0.323 e. The highest BCUT2D eigenvalue weighted by Crippen LogP contribution is 2.40. The summed E-state index contributed by atoms with van der Waals surface area (Å²) in [7, 11) is 3.02. The van der Waals surface area contributed by atoms with Crippen LogP contribution in [0, 0.1) is 31.0 Å². The van der Waals surface area contributed by atoms with E-state index in [0.717, 1.165) is 4.57 Å². The van der Waals surface area contributed by atoms with Crippen LogP contribution in [0.4, 0.5) is 18.0 Å². The number of ether oxygens (including phenoxy) is 1. The number of rotatable bonds is 7. The molecule has 5 aromatic rings. The molecule has 3 aromatic heterocycles. The number of nitrogens with zero attached hydrogens (tertiary/aromatic N) is 5. The van der Waals surface area contributed by atoms with E-state index in [-0.39, 0.29) is 24.5 Å². The summed E-state index contributed by atoms with van der Waals surface area (Å²) < 4.78 is 49.6. The number of hydrogen-bond acceptors (Lipinski definition) is 8. The van der Waals surface area contributed by atoms with Gasteiger partial charge in [-0.05, 0) is 44.2 Å². The van der Waals surface area contributed by atoms with Gasteiger partial charge in [0.2, 0.25) is 0 Å². The highest BCUT2D eigenvalue weighted by molar-refractivity contribution is 7.18. The summed E-state index contributed by atoms with van der Waals surface area (Å²) in [4.78, 5) is 48.2. The molecule has 5 rings (SSSR count). The van der Waals surface area contributed by atoms with Crippen LogP contribution in [0.5, 0.6) is 5.75 Å². The maximum absolute atomic E-state index is 14.7. The molecule has 0 saturated heterocycles. The summed E-state index contributed by atoms with van der Waals surface area (Å²) in [5.41, 5.74) is -0.471. The number of halogens is 4. The van der Waals surface area contributed by atoms with E-state index in [1.165, 1.54) is 37.3 Å². The van der Waals surface area contributed by atoms with Crippen LogP contribution >= 0.6 is 22.9 Å². The fourth-order valence-electron chi connectivity index (χ4n) is 4.90. The van der Waals surface area contributed by atoms with Crippen LogP contribution in [0.1, 0.15) is 39.4 Å². The smallest absolute Gasteiger partial charge is 0.323 e. The Morgan fingerprint density at radius 1 is 1.15 bits per heavy atom. The fraction of sp³-hybridized carbons (Fsp3) is 0.226. The lowest BCUT2D eigenvalue weighted by molar-refractivity contribution is 0.0958. The van der Waals surface area contributed by atoms with E-state index in [1.54, 1.807) is 42.6 Å². The Balaban J connectivity index is 1.51. The Morgan fingerprint density at radius 3 is 2.57 bits per heavy atom. The van der Waals surface area contributed by atoms with E-state index < -0.39 is 51.8 Å².